The maximum Gasteiger partial charge on any atom is 0.180 e. The van der Waals surface area contributed by atoms with E-state index in [9.17, 15) is 8.42 Å². The molecule has 0 unspecified atom stereocenters. The molecule has 0 radical (unpaired) electrons. The van der Waals surface area contributed by atoms with Gasteiger partial charge in [0.15, 0.2) is 9.84 Å². The Morgan fingerprint density at radius 2 is 1.89 bits per heavy atom. The molecule has 0 amide bonds. The molecular weight excluding hydrogens is 250 g/mol. The number of sulfone groups is 1. The second-order valence-electron chi connectivity index (χ2n) is 5.30. The highest BCUT2D eigenvalue weighted by atomic mass is 32.2. The second kappa shape index (κ2) is 5.28. The Bertz CT molecular complexity index is 516. The molecule has 5 heteroatoms. The number of nitrogen functional groups attached to an aromatic ring is 1. The van der Waals surface area contributed by atoms with Crippen molar-refractivity contribution in [3.63, 3.8) is 0 Å². The van der Waals surface area contributed by atoms with Gasteiger partial charge in [-0.3, -0.25) is 0 Å². The van der Waals surface area contributed by atoms with Crippen molar-refractivity contribution < 1.29 is 13.2 Å². The number of aryl methyl sites for hydroxylation is 1. The van der Waals surface area contributed by atoms with Crippen LogP contribution in [-0.2, 0) is 14.6 Å². The molecule has 0 aliphatic rings. The molecule has 0 spiro atoms. The van der Waals surface area contributed by atoms with Gasteiger partial charge in [0.2, 0.25) is 0 Å². The summed E-state index contributed by atoms with van der Waals surface area (Å²) >= 11 is 0. The first-order valence-corrected chi connectivity index (χ1v) is 7.50. The molecular formula is C13H21NO3S. The van der Waals surface area contributed by atoms with Crippen LogP contribution in [0.3, 0.4) is 0 Å². The number of hydrogen-bond acceptors (Lipinski definition) is 4. The van der Waals surface area contributed by atoms with E-state index in [0.29, 0.717) is 16.1 Å². The summed E-state index contributed by atoms with van der Waals surface area (Å²) in [5, 5.41) is 0. The number of anilines is 1. The van der Waals surface area contributed by atoms with Gasteiger partial charge in [-0.15, -0.1) is 0 Å². The van der Waals surface area contributed by atoms with Crippen LogP contribution in [-0.4, -0.2) is 26.4 Å². The fourth-order valence-corrected chi connectivity index (χ4v) is 2.94. The van der Waals surface area contributed by atoms with Gasteiger partial charge >= 0.3 is 0 Å². The van der Waals surface area contributed by atoms with E-state index in [1.165, 1.54) is 0 Å². The zero-order valence-corrected chi connectivity index (χ0v) is 12.2. The molecule has 1 aromatic carbocycles. The minimum Gasteiger partial charge on any atom is -0.399 e. The van der Waals surface area contributed by atoms with Crippen molar-refractivity contribution >= 4 is 15.5 Å². The van der Waals surface area contributed by atoms with Gasteiger partial charge < -0.3 is 10.5 Å². The smallest absolute Gasteiger partial charge is 0.180 e. The van der Waals surface area contributed by atoms with E-state index >= 15 is 0 Å². The highest BCUT2D eigenvalue weighted by Crippen LogP contribution is 2.19. The summed E-state index contributed by atoms with van der Waals surface area (Å²) < 4.78 is 29.7. The van der Waals surface area contributed by atoms with E-state index in [1.807, 2.05) is 20.8 Å². The van der Waals surface area contributed by atoms with Gasteiger partial charge in [0, 0.05) is 5.69 Å². The van der Waals surface area contributed by atoms with Crippen molar-refractivity contribution in [1.29, 1.82) is 0 Å². The Morgan fingerprint density at radius 1 is 1.28 bits per heavy atom. The zero-order chi connectivity index (χ0) is 14.0. The zero-order valence-electron chi connectivity index (χ0n) is 11.4. The van der Waals surface area contributed by atoms with E-state index in [1.54, 1.807) is 25.1 Å². The molecule has 0 saturated heterocycles. The fraction of sp³-hybridized carbons (Fsp3) is 0.538. The quantitative estimate of drug-likeness (QED) is 0.852. The molecule has 0 aliphatic heterocycles. The van der Waals surface area contributed by atoms with E-state index in [4.69, 9.17) is 10.5 Å². The van der Waals surface area contributed by atoms with Crippen molar-refractivity contribution in [2.75, 3.05) is 18.1 Å². The Morgan fingerprint density at radius 3 is 2.39 bits per heavy atom. The molecule has 0 fully saturated rings. The Kier molecular flexibility index (Phi) is 4.40. The molecule has 0 bridgehead atoms. The van der Waals surface area contributed by atoms with Gasteiger partial charge in [-0.1, -0.05) is 0 Å². The molecule has 0 aliphatic carbocycles. The molecule has 4 nitrogen and oxygen atoms in total. The summed E-state index contributed by atoms with van der Waals surface area (Å²) in [5.74, 6) is -0.0188. The Labute approximate surface area is 109 Å². The molecule has 1 aromatic rings. The summed E-state index contributed by atoms with van der Waals surface area (Å²) in [6.07, 6.45) is 0. The van der Waals surface area contributed by atoms with E-state index in [0.717, 1.165) is 0 Å². The molecule has 102 valence electrons. The van der Waals surface area contributed by atoms with Crippen LogP contribution in [0.4, 0.5) is 5.69 Å². The minimum atomic E-state index is -3.31. The van der Waals surface area contributed by atoms with Crippen molar-refractivity contribution in [2.45, 2.75) is 38.2 Å². The van der Waals surface area contributed by atoms with E-state index in [2.05, 4.69) is 0 Å². The highest BCUT2D eigenvalue weighted by Gasteiger charge is 2.19. The van der Waals surface area contributed by atoms with Crippen LogP contribution >= 0.6 is 0 Å². The third kappa shape index (κ3) is 4.31. The third-order valence-corrected chi connectivity index (χ3v) is 4.25. The lowest BCUT2D eigenvalue weighted by Gasteiger charge is -2.19. The third-order valence-electron chi connectivity index (χ3n) is 2.42. The van der Waals surface area contributed by atoms with Crippen molar-refractivity contribution in [3.05, 3.63) is 23.8 Å². The maximum absolute atomic E-state index is 12.1. The van der Waals surface area contributed by atoms with Gasteiger partial charge in [0.1, 0.15) is 0 Å². The predicted octanol–water partition coefficient (Wildman–Crippen LogP) is 2.17. The van der Waals surface area contributed by atoms with Crippen LogP contribution in [0, 0.1) is 6.92 Å². The molecule has 2 N–H and O–H groups in total. The van der Waals surface area contributed by atoms with Crippen LogP contribution in [0.25, 0.3) is 0 Å². The van der Waals surface area contributed by atoms with Gasteiger partial charge in [-0.25, -0.2) is 8.42 Å². The van der Waals surface area contributed by atoms with Crippen LogP contribution in [0.5, 0.6) is 0 Å². The summed E-state index contributed by atoms with van der Waals surface area (Å²) in [6, 6.07) is 4.82. The number of benzene rings is 1. The standard InChI is InChI=1S/C13H21NO3S/c1-10-9-11(14)5-6-12(10)18(15,16)8-7-17-13(2,3)4/h5-6,9H,7-8,14H2,1-4H3. The van der Waals surface area contributed by atoms with Crippen molar-refractivity contribution in [1.82, 2.24) is 0 Å². The number of nitrogens with two attached hydrogens (primary N) is 1. The SMILES string of the molecule is Cc1cc(N)ccc1S(=O)(=O)CCOC(C)(C)C. The summed E-state index contributed by atoms with van der Waals surface area (Å²) in [7, 11) is -3.31. The average molecular weight is 271 g/mol. The van der Waals surface area contributed by atoms with Crippen LogP contribution in [0.1, 0.15) is 26.3 Å². The fourth-order valence-electron chi connectivity index (χ4n) is 1.59. The average Bonchev–Trinajstić information content (AvgIpc) is 2.13. The topological polar surface area (TPSA) is 69.4 Å². The largest absolute Gasteiger partial charge is 0.399 e. The molecule has 1 rings (SSSR count). The molecule has 0 atom stereocenters. The summed E-state index contributed by atoms with van der Waals surface area (Å²) in [5.41, 5.74) is 6.52. The minimum absolute atomic E-state index is 0.0188. The summed E-state index contributed by atoms with van der Waals surface area (Å²) in [4.78, 5) is 0.328. The lowest BCUT2D eigenvalue weighted by Crippen LogP contribution is -2.23. The Balaban J connectivity index is 2.81. The predicted molar refractivity (Wildman–Crippen MR) is 73.3 cm³/mol. The monoisotopic (exact) mass is 271 g/mol. The van der Waals surface area contributed by atoms with Gasteiger partial charge in [0.25, 0.3) is 0 Å². The first-order chi connectivity index (χ1) is 8.12. The Hall–Kier alpha value is -1.07. The maximum atomic E-state index is 12.1. The lowest BCUT2D eigenvalue weighted by atomic mass is 10.2. The first-order valence-electron chi connectivity index (χ1n) is 5.85. The number of rotatable bonds is 4. The second-order valence-corrected chi connectivity index (χ2v) is 7.38. The van der Waals surface area contributed by atoms with Gasteiger partial charge in [0.05, 0.1) is 22.9 Å². The van der Waals surface area contributed by atoms with Crippen molar-refractivity contribution in [3.8, 4) is 0 Å². The van der Waals surface area contributed by atoms with Crippen LogP contribution in [0.2, 0.25) is 0 Å². The van der Waals surface area contributed by atoms with Gasteiger partial charge in [-0.05, 0) is 51.5 Å². The molecule has 18 heavy (non-hydrogen) atoms. The van der Waals surface area contributed by atoms with Gasteiger partial charge in [-0.2, -0.15) is 0 Å². The first kappa shape index (κ1) is 15.0. The normalized spacial score (nSPS) is 12.7. The number of hydrogen-bond donors (Lipinski definition) is 1. The lowest BCUT2D eigenvalue weighted by molar-refractivity contribution is 0.00644. The van der Waals surface area contributed by atoms with E-state index in [-0.39, 0.29) is 18.0 Å². The van der Waals surface area contributed by atoms with Crippen LogP contribution in [0.15, 0.2) is 23.1 Å². The highest BCUT2D eigenvalue weighted by molar-refractivity contribution is 7.91. The number of ether oxygens (including phenoxy) is 1. The molecule has 0 heterocycles. The molecule has 0 saturated carbocycles. The van der Waals surface area contributed by atoms with E-state index < -0.39 is 9.84 Å². The van der Waals surface area contributed by atoms with Crippen LogP contribution < -0.4 is 5.73 Å². The summed E-state index contributed by atoms with van der Waals surface area (Å²) in [6.45, 7) is 7.62. The van der Waals surface area contributed by atoms with Crippen molar-refractivity contribution in [2.24, 2.45) is 0 Å². The molecule has 0 aromatic heterocycles.